The number of benzene rings is 1. The number of nitrogens with two attached hydrogens (primary N) is 1. The van der Waals surface area contributed by atoms with Gasteiger partial charge < -0.3 is 10.5 Å². The van der Waals surface area contributed by atoms with Crippen molar-refractivity contribution in [2.45, 2.75) is 45.4 Å². The van der Waals surface area contributed by atoms with Crippen LogP contribution in [0.3, 0.4) is 0 Å². The lowest BCUT2D eigenvalue weighted by molar-refractivity contribution is -0.213. The molecule has 1 aromatic rings. The van der Waals surface area contributed by atoms with Crippen molar-refractivity contribution < 1.29 is 9.53 Å². The Labute approximate surface area is 133 Å². The first-order valence-corrected chi connectivity index (χ1v) is 8.53. The molecule has 3 heteroatoms. The zero-order valence-electron chi connectivity index (χ0n) is 13.7. The van der Waals surface area contributed by atoms with Gasteiger partial charge in [0.2, 0.25) is 5.91 Å². The number of primary amides is 1. The molecule has 2 unspecified atom stereocenters. The second-order valence-corrected chi connectivity index (χ2v) is 7.17. The summed E-state index contributed by atoms with van der Waals surface area (Å²) in [6.45, 7) is 2.23. The van der Waals surface area contributed by atoms with Gasteiger partial charge in [-0.15, -0.1) is 0 Å². The molecule has 0 aliphatic heterocycles. The summed E-state index contributed by atoms with van der Waals surface area (Å²) in [4.78, 5) is 11.9. The molecular formula is C19H27NO2. The maximum Gasteiger partial charge on any atom is 0.223 e. The third-order valence-electron chi connectivity index (χ3n) is 5.96. The first-order valence-electron chi connectivity index (χ1n) is 8.53. The topological polar surface area (TPSA) is 52.3 Å². The molecule has 2 atom stereocenters. The Hall–Kier alpha value is -1.51. The first kappa shape index (κ1) is 15.4. The van der Waals surface area contributed by atoms with Gasteiger partial charge in [0.15, 0.2) is 0 Å². The molecule has 4 rings (SSSR count). The van der Waals surface area contributed by atoms with Crippen LogP contribution in [0.2, 0.25) is 0 Å². The highest BCUT2D eigenvalue weighted by atomic mass is 16.5. The predicted octanol–water partition coefficient (Wildman–Crippen LogP) is 3.56. The summed E-state index contributed by atoms with van der Waals surface area (Å²) < 4.78 is 5.33. The molecule has 0 spiro atoms. The number of hydrogen-bond acceptors (Lipinski definition) is 2. The highest BCUT2D eigenvalue weighted by Crippen LogP contribution is 2.71. The molecule has 0 heterocycles. The summed E-state index contributed by atoms with van der Waals surface area (Å²) >= 11 is 0. The fourth-order valence-electron chi connectivity index (χ4n) is 4.71. The van der Waals surface area contributed by atoms with E-state index in [0.717, 1.165) is 30.9 Å². The lowest BCUT2D eigenvalue weighted by Gasteiger charge is -2.69. The van der Waals surface area contributed by atoms with Crippen molar-refractivity contribution in [2.24, 2.45) is 28.9 Å². The average molecular weight is 301 g/mol. The number of ether oxygens (including phenoxy) is 1. The van der Waals surface area contributed by atoms with Crippen molar-refractivity contribution in [1.82, 2.24) is 0 Å². The lowest BCUT2D eigenvalue weighted by Crippen LogP contribution is -2.69. The molecule has 3 fully saturated rings. The Balaban J connectivity index is 1.74. The van der Waals surface area contributed by atoms with Crippen molar-refractivity contribution in [3.8, 4) is 5.75 Å². The molecule has 0 radical (unpaired) electrons. The zero-order chi connectivity index (χ0) is 15.7. The molecule has 1 aromatic carbocycles. The van der Waals surface area contributed by atoms with Gasteiger partial charge in [0.05, 0.1) is 12.5 Å². The number of carbonyl (C=O) groups excluding carboxylic acids is 1. The van der Waals surface area contributed by atoms with Crippen molar-refractivity contribution in [2.75, 3.05) is 7.11 Å². The van der Waals surface area contributed by atoms with Crippen molar-refractivity contribution in [1.29, 1.82) is 0 Å². The van der Waals surface area contributed by atoms with Crippen LogP contribution in [0, 0.1) is 23.2 Å². The summed E-state index contributed by atoms with van der Waals surface area (Å²) in [6.07, 6.45) is 6.74. The van der Waals surface area contributed by atoms with E-state index < -0.39 is 0 Å². The molecular weight excluding hydrogens is 274 g/mol. The third kappa shape index (κ3) is 2.41. The van der Waals surface area contributed by atoms with Gasteiger partial charge >= 0.3 is 0 Å². The van der Waals surface area contributed by atoms with Crippen LogP contribution >= 0.6 is 0 Å². The van der Waals surface area contributed by atoms with Gasteiger partial charge in [-0.25, -0.2) is 0 Å². The summed E-state index contributed by atoms with van der Waals surface area (Å²) in [5.41, 5.74) is 6.85. The molecule has 3 nitrogen and oxygen atoms in total. The van der Waals surface area contributed by atoms with Gasteiger partial charge in [0.25, 0.3) is 0 Å². The van der Waals surface area contributed by atoms with Crippen molar-refractivity contribution >= 4 is 5.91 Å². The molecule has 22 heavy (non-hydrogen) atoms. The van der Waals surface area contributed by atoms with Crippen LogP contribution in [-0.4, -0.2) is 13.0 Å². The highest BCUT2D eigenvalue weighted by molar-refractivity contribution is 5.84. The van der Waals surface area contributed by atoms with Crippen molar-refractivity contribution in [3.63, 3.8) is 0 Å². The molecule has 3 aliphatic rings. The van der Waals surface area contributed by atoms with Crippen molar-refractivity contribution in [3.05, 3.63) is 29.8 Å². The molecule has 3 aliphatic carbocycles. The van der Waals surface area contributed by atoms with Gasteiger partial charge in [-0.05, 0) is 61.1 Å². The van der Waals surface area contributed by atoms with E-state index in [1.165, 1.54) is 24.8 Å². The number of amides is 1. The lowest BCUT2D eigenvalue weighted by atomic mass is 9.34. The summed E-state index contributed by atoms with van der Waals surface area (Å²) in [7, 11) is 1.71. The molecule has 0 saturated heterocycles. The maximum absolute atomic E-state index is 11.9. The highest BCUT2D eigenvalue weighted by Gasteiger charge is 2.70. The Morgan fingerprint density at radius 3 is 2.77 bits per heavy atom. The number of rotatable bonds is 8. The molecule has 0 aromatic heterocycles. The molecule has 2 N–H and O–H groups in total. The van der Waals surface area contributed by atoms with E-state index in [0.29, 0.717) is 11.8 Å². The third-order valence-corrected chi connectivity index (χ3v) is 5.96. The summed E-state index contributed by atoms with van der Waals surface area (Å²) in [5, 5.41) is 0. The number of methoxy groups -OCH3 is 1. The largest absolute Gasteiger partial charge is 0.497 e. The monoisotopic (exact) mass is 301 g/mol. The van der Waals surface area contributed by atoms with E-state index in [4.69, 9.17) is 10.5 Å². The molecule has 3 saturated carbocycles. The Morgan fingerprint density at radius 1 is 1.45 bits per heavy atom. The van der Waals surface area contributed by atoms with E-state index in [1.807, 2.05) is 6.07 Å². The maximum atomic E-state index is 11.9. The summed E-state index contributed by atoms with van der Waals surface area (Å²) in [5.74, 6) is 2.68. The standard InChI is InChI=1S/C19H27NO2/c1-3-4-7-14(9-13-6-5-8-16(10-13)22-2)17-15-11-19(17,12-15)18(20)21/h5-6,8,10,14-15,17H,3-4,7,9,11-12H2,1-2H3,(H2,20,21). The molecule has 2 bridgehead atoms. The second kappa shape index (κ2) is 5.94. The van der Waals surface area contributed by atoms with Crippen LogP contribution in [0.5, 0.6) is 5.75 Å². The number of hydrogen-bond donors (Lipinski definition) is 1. The SMILES string of the molecule is CCCCC(Cc1cccc(OC)c1)C1C2CC1(C(N)=O)C2. The smallest absolute Gasteiger partial charge is 0.223 e. The quantitative estimate of drug-likeness (QED) is 0.798. The Bertz CT molecular complexity index is 548. The Kier molecular flexibility index (Phi) is 4.16. The fourth-order valence-corrected chi connectivity index (χ4v) is 4.71. The minimum atomic E-state index is -0.165. The summed E-state index contributed by atoms with van der Waals surface area (Å²) in [6, 6.07) is 8.33. The number of unbranched alkanes of at least 4 members (excludes halogenated alkanes) is 1. The van der Waals surface area contributed by atoms with Gasteiger partial charge in [-0.1, -0.05) is 31.9 Å². The van der Waals surface area contributed by atoms with E-state index in [1.54, 1.807) is 7.11 Å². The van der Waals surface area contributed by atoms with Gasteiger partial charge in [-0.2, -0.15) is 0 Å². The number of carbonyl (C=O) groups is 1. The van der Waals surface area contributed by atoms with E-state index in [2.05, 4.69) is 25.1 Å². The van der Waals surface area contributed by atoms with Crippen LogP contribution in [-0.2, 0) is 11.2 Å². The van der Waals surface area contributed by atoms with Crippen LogP contribution in [0.1, 0.15) is 44.6 Å². The first-order chi connectivity index (χ1) is 10.6. The molecule has 120 valence electrons. The van der Waals surface area contributed by atoms with E-state index in [-0.39, 0.29) is 11.3 Å². The minimum Gasteiger partial charge on any atom is -0.497 e. The van der Waals surface area contributed by atoms with E-state index in [9.17, 15) is 4.79 Å². The van der Waals surface area contributed by atoms with Gasteiger partial charge in [-0.3, -0.25) is 4.79 Å². The van der Waals surface area contributed by atoms with Gasteiger partial charge in [0.1, 0.15) is 5.75 Å². The molecule has 1 amide bonds. The Morgan fingerprint density at radius 2 is 2.23 bits per heavy atom. The fraction of sp³-hybridized carbons (Fsp3) is 0.632. The predicted molar refractivity (Wildman–Crippen MR) is 87.6 cm³/mol. The zero-order valence-corrected chi connectivity index (χ0v) is 13.7. The normalized spacial score (nSPS) is 30.1. The van der Waals surface area contributed by atoms with Crippen LogP contribution < -0.4 is 10.5 Å². The van der Waals surface area contributed by atoms with Crippen LogP contribution in [0.4, 0.5) is 0 Å². The average Bonchev–Trinajstić information content (AvgIpc) is 2.42. The van der Waals surface area contributed by atoms with Gasteiger partial charge in [0, 0.05) is 0 Å². The van der Waals surface area contributed by atoms with Crippen LogP contribution in [0.15, 0.2) is 24.3 Å². The minimum absolute atomic E-state index is 0.0628. The second-order valence-electron chi connectivity index (χ2n) is 7.17. The van der Waals surface area contributed by atoms with E-state index >= 15 is 0 Å². The van der Waals surface area contributed by atoms with Crippen LogP contribution in [0.25, 0.3) is 0 Å².